The molecule has 0 saturated heterocycles. The van der Waals surface area contributed by atoms with Gasteiger partial charge in [0, 0.05) is 61.4 Å². The van der Waals surface area contributed by atoms with Gasteiger partial charge in [-0.3, -0.25) is 9.59 Å². The van der Waals surface area contributed by atoms with E-state index in [0.717, 1.165) is 0 Å². The van der Waals surface area contributed by atoms with E-state index in [0.29, 0.717) is 0 Å². The summed E-state index contributed by atoms with van der Waals surface area (Å²) < 4.78 is 0. The fourth-order valence-corrected chi connectivity index (χ4v) is 1.68. The van der Waals surface area contributed by atoms with E-state index < -0.39 is 17.9 Å². The molecule has 0 atom stereocenters. The topological polar surface area (TPSA) is 74.6 Å². The molecule has 0 aliphatic rings. The molecule has 0 unspecified atom stereocenters. The first-order valence-electron chi connectivity index (χ1n) is 3.83. The van der Waals surface area contributed by atoms with Crippen LogP contribution in [0, 0.1) is 0 Å². The third kappa shape index (κ3) is 4.33. The van der Waals surface area contributed by atoms with Gasteiger partial charge in [-0.15, -0.1) is 0 Å². The van der Waals surface area contributed by atoms with Crippen LogP contribution >= 0.6 is 23.2 Å². The Morgan fingerprint density at radius 1 is 1.00 bits per heavy atom. The Labute approximate surface area is 144 Å². The molecule has 0 aliphatic heterocycles. The zero-order valence-electron chi connectivity index (χ0n) is 8.28. The van der Waals surface area contributed by atoms with E-state index in [1.54, 1.807) is 0 Å². The van der Waals surface area contributed by atoms with Crippen molar-refractivity contribution in [2.45, 2.75) is 5.92 Å². The van der Waals surface area contributed by atoms with Gasteiger partial charge in [-0.1, -0.05) is 23.2 Å². The Balaban J connectivity index is 0.00000225. The smallest absolute Gasteiger partial charge is 0.322 e. The molecule has 16 heavy (non-hydrogen) atoms. The summed E-state index contributed by atoms with van der Waals surface area (Å²) in [6.45, 7) is 0. The molecule has 4 nitrogen and oxygen atoms in total. The third-order valence-corrected chi connectivity index (χ3v) is 2.15. The second-order valence-electron chi connectivity index (χ2n) is 2.81. The molecule has 0 aliphatic carbocycles. The minimum atomic E-state index is -1.65. The van der Waals surface area contributed by atoms with Gasteiger partial charge in [0.15, 0.2) is 5.92 Å². The van der Waals surface area contributed by atoms with E-state index in [9.17, 15) is 9.59 Å². The van der Waals surface area contributed by atoms with Crippen LogP contribution in [0.3, 0.4) is 0 Å². The Morgan fingerprint density at radius 2 is 1.38 bits per heavy atom. The van der Waals surface area contributed by atoms with Gasteiger partial charge in [0.25, 0.3) is 0 Å². The molecule has 0 bridgehead atoms. The minimum Gasteiger partial charge on any atom is -0.480 e. The molecule has 0 aromatic heterocycles. The van der Waals surface area contributed by atoms with Crippen molar-refractivity contribution in [3.63, 3.8) is 0 Å². The van der Waals surface area contributed by atoms with E-state index in [1.165, 1.54) is 18.2 Å². The molecule has 7 heteroatoms. The molecule has 1 rings (SSSR count). The fraction of sp³-hybridized carbons (Fsp3) is 0.111. The molecule has 1 aromatic rings. The minimum absolute atomic E-state index is 0. The van der Waals surface area contributed by atoms with Crippen molar-refractivity contribution in [2.75, 3.05) is 0 Å². The van der Waals surface area contributed by atoms with Gasteiger partial charge in [-0.05, 0) is 23.8 Å². The average molecular weight is 288 g/mol. The van der Waals surface area contributed by atoms with Crippen molar-refractivity contribution in [3.8, 4) is 0 Å². The SMILES string of the molecule is O=C(O)C(C(=O)O)c1cc(Cl)cc(Cl)c1.[K]. The largest absolute Gasteiger partial charge is 0.480 e. The first-order valence-corrected chi connectivity index (χ1v) is 4.59. The van der Waals surface area contributed by atoms with E-state index in [-0.39, 0.29) is 67.0 Å². The standard InChI is InChI=1S/C9H6Cl2O4.K/c10-5-1-4(2-6(11)3-5)7(8(12)13)9(14)15;/h1-3,7H,(H,12,13)(H,14,15);. The van der Waals surface area contributed by atoms with Gasteiger partial charge >= 0.3 is 11.9 Å². The van der Waals surface area contributed by atoms with Crippen LogP contribution in [0.2, 0.25) is 10.0 Å². The number of hydrogen-bond acceptors (Lipinski definition) is 2. The van der Waals surface area contributed by atoms with Crippen LogP contribution in [0.1, 0.15) is 11.5 Å². The van der Waals surface area contributed by atoms with E-state index in [2.05, 4.69) is 0 Å². The summed E-state index contributed by atoms with van der Waals surface area (Å²) in [5.41, 5.74) is 0.0486. The summed E-state index contributed by atoms with van der Waals surface area (Å²) in [5, 5.41) is 17.8. The van der Waals surface area contributed by atoms with E-state index in [1.807, 2.05) is 0 Å². The molecule has 0 amide bonds. The van der Waals surface area contributed by atoms with Gasteiger partial charge in [0.2, 0.25) is 0 Å². The Bertz CT molecular complexity index is 388. The van der Waals surface area contributed by atoms with E-state index in [4.69, 9.17) is 33.4 Å². The first kappa shape index (κ1) is 16.4. The predicted octanol–water partition coefficient (Wildman–Crippen LogP) is 1.87. The Hall–Kier alpha value is 0.376. The molecule has 2 N–H and O–H groups in total. The summed E-state index contributed by atoms with van der Waals surface area (Å²) in [7, 11) is 0. The number of halogens is 2. The molecule has 1 radical (unpaired) electrons. The van der Waals surface area contributed by atoms with E-state index >= 15 is 0 Å². The van der Waals surface area contributed by atoms with Crippen LogP contribution in [0.25, 0.3) is 0 Å². The molecule has 0 heterocycles. The van der Waals surface area contributed by atoms with Crippen LogP contribution in [-0.4, -0.2) is 73.5 Å². The maximum atomic E-state index is 10.7. The quantitative estimate of drug-likeness (QED) is 0.657. The summed E-state index contributed by atoms with van der Waals surface area (Å²) in [6.07, 6.45) is 0. The number of rotatable bonds is 3. The van der Waals surface area contributed by atoms with Crippen LogP contribution < -0.4 is 0 Å². The number of hydrogen-bond donors (Lipinski definition) is 2. The summed E-state index contributed by atoms with van der Waals surface area (Å²) in [6, 6.07) is 3.92. The molecular weight excluding hydrogens is 282 g/mol. The van der Waals surface area contributed by atoms with Gasteiger partial charge in [0.1, 0.15) is 0 Å². The van der Waals surface area contributed by atoms with Crippen molar-refractivity contribution in [2.24, 2.45) is 0 Å². The van der Waals surface area contributed by atoms with Crippen LogP contribution in [0.5, 0.6) is 0 Å². The second-order valence-corrected chi connectivity index (χ2v) is 3.69. The third-order valence-electron chi connectivity index (χ3n) is 1.71. The Morgan fingerprint density at radius 3 is 1.69 bits per heavy atom. The van der Waals surface area contributed by atoms with Crippen molar-refractivity contribution in [1.29, 1.82) is 0 Å². The number of carbonyl (C=O) groups is 2. The molecule has 0 spiro atoms. The maximum absolute atomic E-state index is 10.7. The normalized spacial score (nSPS) is 9.69. The number of benzene rings is 1. The molecule has 1 aromatic carbocycles. The predicted molar refractivity (Wildman–Crippen MR) is 60.2 cm³/mol. The second kappa shape index (κ2) is 6.95. The zero-order chi connectivity index (χ0) is 11.6. The summed E-state index contributed by atoms with van der Waals surface area (Å²) >= 11 is 11.3. The number of carboxylic acids is 2. The van der Waals surface area contributed by atoms with Gasteiger partial charge in [-0.2, -0.15) is 0 Å². The average Bonchev–Trinajstić information content (AvgIpc) is 1.99. The van der Waals surface area contributed by atoms with Crippen molar-refractivity contribution >= 4 is 86.5 Å². The summed E-state index contributed by atoms with van der Waals surface area (Å²) in [4.78, 5) is 21.4. The zero-order valence-corrected chi connectivity index (χ0v) is 12.9. The van der Waals surface area contributed by atoms with Gasteiger partial charge < -0.3 is 10.2 Å². The van der Waals surface area contributed by atoms with Crippen molar-refractivity contribution < 1.29 is 19.8 Å². The van der Waals surface area contributed by atoms with Gasteiger partial charge in [-0.25, -0.2) is 0 Å². The number of carboxylic acid groups (broad SMARTS) is 2. The molecule has 81 valence electrons. The molecule has 0 saturated carbocycles. The molecule has 0 fully saturated rings. The van der Waals surface area contributed by atoms with Crippen LogP contribution in [-0.2, 0) is 9.59 Å². The first-order chi connectivity index (χ1) is 6.91. The van der Waals surface area contributed by atoms with Gasteiger partial charge in [0.05, 0.1) is 0 Å². The van der Waals surface area contributed by atoms with Crippen molar-refractivity contribution in [1.82, 2.24) is 0 Å². The Kier molecular flexibility index (Phi) is 7.12. The maximum Gasteiger partial charge on any atom is 0.322 e. The van der Waals surface area contributed by atoms with Crippen LogP contribution in [0.4, 0.5) is 0 Å². The van der Waals surface area contributed by atoms with Crippen molar-refractivity contribution in [3.05, 3.63) is 33.8 Å². The fourth-order valence-electron chi connectivity index (χ4n) is 1.13. The molecular formula is C9H6Cl2KO4. The number of aliphatic carboxylic acids is 2. The monoisotopic (exact) mass is 287 g/mol. The van der Waals surface area contributed by atoms with Crippen LogP contribution in [0.15, 0.2) is 18.2 Å². The summed E-state index contributed by atoms with van der Waals surface area (Å²) in [5.74, 6) is -4.57.